The molecule has 0 aliphatic heterocycles. The smallest absolute Gasteiger partial charge is 0.261 e. The monoisotopic (exact) mass is 379 g/mol. The molecule has 0 spiro atoms. The summed E-state index contributed by atoms with van der Waals surface area (Å²) in [4.78, 5) is 16.9. The Kier molecular flexibility index (Phi) is 6.09. The van der Waals surface area contributed by atoms with E-state index in [2.05, 4.69) is 15.5 Å². The zero-order valence-electron chi connectivity index (χ0n) is 16.7. The molecular weight excluding hydrogens is 354 g/mol. The van der Waals surface area contributed by atoms with Crippen molar-refractivity contribution >= 4 is 5.91 Å². The van der Waals surface area contributed by atoms with Crippen LogP contribution in [0.4, 0.5) is 0 Å². The average Bonchev–Trinajstić information content (AvgIpc) is 3.16. The highest BCUT2D eigenvalue weighted by Gasteiger charge is 2.20. The second-order valence-electron chi connectivity index (χ2n) is 6.88. The van der Waals surface area contributed by atoms with Crippen LogP contribution in [0.25, 0.3) is 11.4 Å². The summed E-state index contributed by atoms with van der Waals surface area (Å²) in [5.74, 6) is 1.37. The molecule has 3 aromatic rings. The molecule has 146 valence electrons. The van der Waals surface area contributed by atoms with E-state index < -0.39 is 6.10 Å². The molecule has 0 aliphatic rings. The van der Waals surface area contributed by atoms with Crippen molar-refractivity contribution in [1.29, 1.82) is 0 Å². The number of nitrogens with zero attached hydrogens (tertiary/aromatic N) is 2. The molecule has 2 aromatic carbocycles. The van der Waals surface area contributed by atoms with Crippen molar-refractivity contribution in [2.24, 2.45) is 0 Å². The van der Waals surface area contributed by atoms with E-state index in [0.717, 1.165) is 28.0 Å². The van der Waals surface area contributed by atoms with E-state index in [0.29, 0.717) is 18.1 Å². The topological polar surface area (TPSA) is 77.2 Å². The average molecular weight is 379 g/mol. The third kappa shape index (κ3) is 4.76. The van der Waals surface area contributed by atoms with Crippen LogP contribution in [0.3, 0.4) is 0 Å². The number of rotatable bonds is 7. The Morgan fingerprint density at radius 2 is 1.93 bits per heavy atom. The summed E-state index contributed by atoms with van der Waals surface area (Å²) in [5.41, 5.74) is 4.08. The van der Waals surface area contributed by atoms with Crippen molar-refractivity contribution in [3.8, 4) is 17.1 Å². The van der Waals surface area contributed by atoms with Gasteiger partial charge in [-0.05, 0) is 50.5 Å². The molecule has 1 N–H and O–H groups in total. The predicted octanol–water partition coefficient (Wildman–Crippen LogP) is 4.14. The Morgan fingerprint density at radius 1 is 1.14 bits per heavy atom. The number of amides is 1. The molecule has 3 rings (SSSR count). The van der Waals surface area contributed by atoms with Gasteiger partial charge in [-0.3, -0.25) is 4.79 Å². The van der Waals surface area contributed by atoms with E-state index in [1.807, 2.05) is 70.2 Å². The first-order chi connectivity index (χ1) is 13.5. The van der Waals surface area contributed by atoms with Crippen LogP contribution in [0.5, 0.6) is 5.75 Å². The molecule has 0 radical (unpaired) electrons. The number of aromatic nitrogens is 2. The Bertz CT molecular complexity index is 965. The van der Waals surface area contributed by atoms with Gasteiger partial charge in [-0.2, -0.15) is 4.98 Å². The lowest BCUT2D eigenvalue weighted by Gasteiger charge is -2.18. The second-order valence-corrected chi connectivity index (χ2v) is 6.88. The van der Waals surface area contributed by atoms with E-state index in [1.54, 1.807) is 0 Å². The summed E-state index contributed by atoms with van der Waals surface area (Å²) in [6.45, 7) is 8.03. The van der Waals surface area contributed by atoms with E-state index in [9.17, 15) is 4.79 Å². The maximum atomic E-state index is 12.5. The van der Waals surface area contributed by atoms with E-state index in [4.69, 9.17) is 9.26 Å². The van der Waals surface area contributed by atoms with Crippen LogP contribution in [0, 0.1) is 20.8 Å². The number of benzene rings is 2. The predicted molar refractivity (Wildman–Crippen MR) is 107 cm³/mol. The number of carbonyl (C=O) groups excluding carboxylic acids is 1. The maximum absolute atomic E-state index is 12.5. The lowest BCUT2D eigenvalue weighted by molar-refractivity contribution is -0.128. The molecule has 6 heteroatoms. The highest BCUT2D eigenvalue weighted by Crippen LogP contribution is 2.21. The molecule has 1 unspecified atom stereocenters. The van der Waals surface area contributed by atoms with Crippen molar-refractivity contribution in [1.82, 2.24) is 15.5 Å². The molecule has 6 nitrogen and oxygen atoms in total. The SMILES string of the molecule is CCC(Oc1cc(C)ccc1C)C(=O)NCc1nc(-c2cccc(C)c2)no1. The van der Waals surface area contributed by atoms with Crippen LogP contribution in [-0.4, -0.2) is 22.2 Å². The van der Waals surface area contributed by atoms with E-state index in [1.165, 1.54) is 0 Å². The number of carbonyl (C=O) groups is 1. The summed E-state index contributed by atoms with van der Waals surface area (Å²) in [7, 11) is 0. The number of hydrogen-bond donors (Lipinski definition) is 1. The van der Waals surface area contributed by atoms with Crippen LogP contribution in [0.1, 0.15) is 35.9 Å². The Balaban J connectivity index is 1.62. The molecule has 0 bridgehead atoms. The fourth-order valence-electron chi connectivity index (χ4n) is 2.81. The van der Waals surface area contributed by atoms with Crippen molar-refractivity contribution in [3.05, 3.63) is 65.0 Å². The number of ether oxygens (including phenoxy) is 1. The van der Waals surface area contributed by atoms with Crippen LogP contribution >= 0.6 is 0 Å². The zero-order valence-corrected chi connectivity index (χ0v) is 16.7. The van der Waals surface area contributed by atoms with Crippen molar-refractivity contribution in [2.45, 2.75) is 46.8 Å². The molecule has 28 heavy (non-hydrogen) atoms. The van der Waals surface area contributed by atoms with E-state index in [-0.39, 0.29) is 12.5 Å². The minimum Gasteiger partial charge on any atom is -0.480 e. The Morgan fingerprint density at radius 3 is 2.68 bits per heavy atom. The van der Waals surface area contributed by atoms with Crippen LogP contribution in [0.15, 0.2) is 47.0 Å². The van der Waals surface area contributed by atoms with E-state index >= 15 is 0 Å². The van der Waals surface area contributed by atoms with Gasteiger partial charge in [0.2, 0.25) is 11.7 Å². The Labute approximate surface area is 164 Å². The fourth-order valence-corrected chi connectivity index (χ4v) is 2.81. The molecular formula is C22H25N3O3. The van der Waals surface area contributed by atoms with Gasteiger partial charge >= 0.3 is 0 Å². The van der Waals surface area contributed by atoms with Crippen LogP contribution in [-0.2, 0) is 11.3 Å². The third-order valence-electron chi connectivity index (χ3n) is 4.43. The van der Waals surface area contributed by atoms with Gasteiger partial charge in [0, 0.05) is 5.56 Å². The second kappa shape index (κ2) is 8.69. The largest absolute Gasteiger partial charge is 0.480 e. The van der Waals surface area contributed by atoms with Gasteiger partial charge in [-0.25, -0.2) is 0 Å². The molecule has 0 saturated heterocycles. The van der Waals surface area contributed by atoms with Crippen molar-refractivity contribution in [2.75, 3.05) is 0 Å². The zero-order chi connectivity index (χ0) is 20.1. The molecule has 0 saturated carbocycles. The van der Waals surface area contributed by atoms with Crippen LogP contribution in [0.2, 0.25) is 0 Å². The molecule has 0 fully saturated rings. The minimum atomic E-state index is -0.584. The molecule has 1 aromatic heterocycles. The van der Waals surface area contributed by atoms with Crippen molar-refractivity contribution in [3.63, 3.8) is 0 Å². The van der Waals surface area contributed by atoms with Gasteiger partial charge in [0.15, 0.2) is 6.10 Å². The van der Waals surface area contributed by atoms with Gasteiger partial charge in [0.25, 0.3) is 5.91 Å². The summed E-state index contributed by atoms with van der Waals surface area (Å²) >= 11 is 0. The molecule has 1 heterocycles. The molecule has 1 atom stereocenters. The number of hydrogen-bond acceptors (Lipinski definition) is 5. The highest BCUT2D eigenvalue weighted by molar-refractivity contribution is 5.81. The molecule has 0 aliphatic carbocycles. The summed E-state index contributed by atoms with van der Waals surface area (Å²) in [6, 6.07) is 13.8. The van der Waals surface area contributed by atoms with Crippen LogP contribution < -0.4 is 10.1 Å². The van der Waals surface area contributed by atoms with Gasteiger partial charge in [-0.15, -0.1) is 0 Å². The third-order valence-corrected chi connectivity index (χ3v) is 4.43. The standard InChI is InChI=1S/C22H25N3O3/c1-5-18(27-19-12-15(3)9-10-16(19)4)22(26)23-13-20-24-21(25-28-20)17-8-6-7-14(2)11-17/h6-12,18H,5,13H2,1-4H3,(H,23,26). The number of nitrogens with one attached hydrogen (secondary N) is 1. The Hall–Kier alpha value is -3.15. The van der Waals surface area contributed by atoms with Gasteiger partial charge in [0.05, 0.1) is 6.54 Å². The first-order valence-electron chi connectivity index (χ1n) is 9.37. The minimum absolute atomic E-state index is 0.157. The molecule has 1 amide bonds. The lowest BCUT2D eigenvalue weighted by Crippen LogP contribution is -2.37. The number of aryl methyl sites for hydroxylation is 3. The van der Waals surface area contributed by atoms with Gasteiger partial charge < -0.3 is 14.6 Å². The maximum Gasteiger partial charge on any atom is 0.261 e. The summed E-state index contributed by atoms with van der Waals surface area (Å²) < 4.78 is 11.2. The van der Waals surface area contributed by atoms with Crippen molar-refractivity contribution < 1.29 is 14.1 Å². The fraction of sp³-hybridized carbons (Fsp3) is 0.318. The quantitative estimate of drug-likeness (QED) is 0.668. The lowest BCUT2D eigenvalue weighted by atomic mass is 10.1. The highest BCUT2D eigenvalue weighted by atomic mass is 16.5. The van der Waals surface area contributed by atoms with Gasteiger partial charge in [0.1, 0.15) is 5.75 Å². The summed E-state index contributed by atoms with van der Waals surface area (Å²) in [6.07, 6.45) is -0.0305. The first kappa shape index (κ1) is 19.6. The first-order valence-corrected chi connectivity index (χ1v) is 9.37. The summed E-state index contributed by atoms with van der Waals surface area (Å²) in [5, 5.41) is 6.81. The van der Waals surface area contributed by atoms with Gasteiger partial charge in [-0.1, -0.05) is 48.0 Å². The normalized spacial score (nSPS) is 11.9.